The Morgan fingerprint density at radius 2 is 2.07 bits per heavy atom. The van der Waals surface area contributed by atoms with Gasteiger partial charge in [0.05, 0.1) is 5.69 Å². The number of rotatable bonds is 1. The lowest BCUT2D eigenvalue weighted by Gasteiger charge is -2.04. The Kier molecular flexibility index (Phi) is 2.88. The minimum atomic E-state index is -0.211. The molecular weight excluding hydrogens is 279 g/mol. The predicted octanol–water partition coefficient (Wildman–Crippen LogP) is 2.65. The van der Waals surface area contributed by atoms with E-state index >= 15 is 0 Å². The molecule has 0 amide bonds. The Labute approximate surface area is 99.4 Å². The monoisotopic (exact) mass is 284 g/mol. The van der Waals surface area contributed by atoms with E-state index in [0.717, 1.165) is 4.47 Å². The third-order valence-corrected chi connectivity index (χ3v) is 2.52. The zero-order valence-electron chi connectivity index (χ0n) is 7.52. The van der Waals surface area contributed by atoms with Crippen molar-refractivity contribution >= 4 is 27.5 Å². The van der Waals surface area contributed by atoms with Crippen molar-refractivity contribution in [1.82, 2.24) is 9.78 Å². The van der Waals surface area contributed by atoms with Crippen LogP contribution in [-0.2, 0) is 0 Å². The van der Waals surface area contributed by atoms with Crippen LogP contribution in [0, 0.1) is 0 Å². The fourth-order valence-corrected chi connectivity index (χ4v) is 1.71. The summed E-state index contributed by atoms with van der Waals surface area (Å²) in [6, 6.07) is 10.1. The fourth-order valence-electron chi connectivity index (χ4n) is 1.18. The zero-order chi connectivity index (χ0) is 10.8. The highest BCUT2D eigenvalue weighted by atomic mass is 79.9. The third kappa shape index (κ3) is 2.27. The van der Waals surface area contributed by atoms with Crippen molar-refractivity contribution in [3.63, 3.8) is 0 Å². The average molecular weight is 286 g/mol. The van der Waals surface area contributed by atoms with Gasteiger partial charge in [0.25, 0.3) is 5.56 Å². The summed E-state index contributed by atoms with van der Waals surface area (Å²) >= 11 is 9.05. The van der Waals surface area contributed by atoms with Crippen LogP contribution in [0.2, 0.25) is 5.15 Å². The van der Waals surface area contributed by atoms with Crippen molar-refractivity contribution < 1.29 is 0 Å². The molecule has 1 aromatic carbocycles. The normalized spacial score (nSPS) is 10.3. The maximum atomic E-state index is 11.5. The first kappa shape index (κ1) is 10.4. The molecule has 0 fully saturated rings. The molecule has 0 saturated carbocycles. The van der Waals surface area contributed by atoms with E-state index in [1.165, 1.54) is 16.8 Å². The second-order valence-electron chi connectivity index (χ2n) is 2.89. The maximum Gasteiger partial charge on any atom is 0.271 e. The molecule has 5 heteroatoms. The van der Waals surface area contributed by atoms with Gasteiger partial charge in [-0.3, -0.25) is 4.79 Å². The Morgan fingerprint density at radius 3 is 2.80 bits per heavy atom. The van der Waals surface area contributed by atoms with E-state index in [1.54, 1.807) is 12.1 Å². The Morgan fingerprint density at radius 1 is 1.27 bits per heavy atom. The number of hydrogen-bond acceptors (Lipinski definition) is 2. The van der Waals surface area contributed by atoms with Crippen LogP contribution in [0.3, 0.4) is 0 Å². The number of halogens is 2. The van der Waals surface area contributed by atoms with Gasteiger partial charge >= 0.3 is 0 Å². The highest BCUT2D eigenvalue weighted by Crippen LogP contribution is 2.13. The molecule has 0 radical (unpaired) electrons. The lowest BCUT2D eigenvalue weighted by Crippen LogP contribution is -2.19. The molecule has 2 rings (SSSR count). The van der Waals surface area contributed by atoms with Crippen molar-refractivity contribution in [2.75, 3.05) is 0 Å². The van der Waals surface area contributed by atoms with E-state index in [0.29, 0.717) is 5.69 Å². The summed E-state index contributed by atoms with van der Waals surface area (Å²) < 4.78 is 2.14. The summed E-state index contributed by atoms with van der Waals surface area (Å²) in [5.41, 5.74) is 0.467. The lowest BCUT2D eigenvalue weighted by atomic mass is 10.3. The Bertz CT molecular complexity index is 553. The number of aromatic nitrogens is 2. The van der Waals surface area contributed by atoms with Gasteiger partial charge in [-0.05, 0) is 24.3 Å². The van der Waals surface area contributed by atoms with Crippen molar-refractivity contribution in [2.24, 2.45) is 0 Å². The first-order valence-corrected chi connectivity index (χ1v) is 5.36. The van der Waals surface area contributed by atoms with Crippen molar-refractivity contribution in [3.05, 3.63) is 56.4 Å². The summed E-state index contributed by atoms with van der Waals surface area (Å²) in [5, 5.41) is 4.22. The molecule has 2 aromatic rings. The summed E-state index contributed by atoms with van der Waals surface area (Å²) in [7, 11) is 0. The van der Waals surface area contributed by atoms with Gasteiger partial charge in [-0.25, -0.2) is 0 Å². The molecular formula is C10H6BrClN2O. The fraction of sp³-hybridized carbons (Fsp3) is 0. The van der Waals surface area contributed by atoms with Gasteiger partial charge in [-0.2, -0.15) is 9.78 Å². The maximum absolute atomic E-state index is 11.5. The van der Waals surface area contributed by atoms with E-state index < -0.39 is 0 Å². The largest absolute Gasteiger partial charge is 0.271 e. The molecule has 0 saturated heterocycles. The van der Waals surface area contributed by atoms with E-state index in [1.807, 2.05) is 12.1 Å². The second-order valence-corrected chi connectivity index (χ2v) is 4.19. The van der Waals surface area contributed by atoms with Gasteiger partial charge in [-0.1, -0.05) is 33.6 Å². The Hall–Kier alpha value is -1.13. The molecule has 0 spiro atoms. The van der Waals surface area contributed by atoms with Crippen molar-refractivity contribution in [2.45, 2.75) is 0 Å². The molecule has 0 atom stereocenters. The van der Waals surface area contributed by atoms with Gasteiger partial charge in [0, 0.05) is 10.5 Å². The number of benzene rings is 1. The lowest BCUT2D eigenvalue weighted by molar-refractivity contribution is 0.807. The number of nitrogens with zero attached hydrogens (tertiary/aromatic N) is 2. The average Bonchev–Trinajstić information content (AvgIpc) is 2.22. The minimum Gasteiger partial charge on any atom is -0.267 e. The van der Waals surface area contributed by atoms with Crippen LogP contribution in [0.4, 0.5) is 0 Å². The van der Waals surface area contributed by atoms with E-state index in [4.69, 9.17) is 11.6 Å². The summed E-state index contributed by atoms with van der Waals surface area (Å²) in [6.45, 7) is 0. The number of hydrogen-bond donors (Lipinski definition) is 0. The summed E-state index contributed by atoms with van der Waals surface area (Å²) in [4.78, 5) is 11.5. The van der Waals surface area contributed by atoms with Gasteiger partial charge in [0.2, 0.25) is 0 Å². The Balaban J connectivity index is 2.63. The second kappa shape index (κ2) is 4.16. The van der Waals surface area contributed by atoms with Crippen molar-refractivity contribution in [1.29, 1.82) is 0 Å². The van der Waals surface area contributed by atoms with Crippen LogP contribution in [0.15, 0.2) is 45.7 Å². The van der Waals surface area contributed by atoms with Crippen LogP contribution >= 0.6 is 27.5 Å². The van der Waals surface area contributed by atoms with E-state index in [2.05, 4.69) is 21.0 Å². The van der Waals surface area contributed by atoms with Gasteiger partial charge in [0.1, 0.15) is 5.15 Å². The quantitative estimate of drug-likeness (QED) is 0.807. The van der Waals surface area contributed by atoms with Crippen LogP contribution in [0.5, 0.6) is 0 Å². The smallest absolute Gasteiger partial charge is 0.267 e. The minimum absolute atomic E-state index is 0.211. The van der Waals surface area contributed by atoms with Gasteiger partial charge in [0.15, 0.2) is 0 Å². The first-order valence-electron chi connectivity index (χ1n) is 4.18. The van der Waals surface area contributed by atoms with Gasteiger partial charge < -0.3 is 0 Å². The molecule has 76 valence electrons. The zero-order valence-corrected chi connectivity index (χ0v) is 9.86. The molecule has 3 nitrogen and oxygen atoms in total. The molecule has 15 heavy (non-hydrogen) atoms. The van der Waals surface area contributed by atoms with Crippen molar-refractivity contribution in [3.8, 4) is 5.69 Å². The molecule has 0 aliphatic carbocycles. The SMILES string of the molecule is O=c1ccc(Cl)nn1-c1cccc(Br)c1. The first-order chi connectivity index (χ1) is 7.16. The molecule has 0 unspecified atom stereocenters. The molecule has 0 aliphatic heterocycles. The molecule has 0 aliphatic rings. The molecule has 0 N–H and O–H groups in total. The van der Waals surface area contributed by atoms with Crippen LogP contribution in [-0.4, -0.2) is 9.78 Å². The molecule has 0 bridgehead atoms. The van der Waals surface area contributed by atoms with Crippen LogP contribution in [0.1, 0.15) is 0 Å². The predicted molar refractivity (Wildman–Crippen MR) is 62.5 cm³/mol. The molecule has 1 aromatic heterocycles. The van der Waals surface area contributed by atoms with Crippen LogP contribution in [0.25, 0.3) is 5.69 Å². The van der Waals surface area contributed by atoms with Crippen LogP contribution < -0.4 is 5.56 Å². The third-order valence-electron chi connectivity index (χ3n) is 1.82. The standard InChI is InChI=1S/C10H6BrClN2O/c11-7-2-1-3-8(6-7)14-10(15)5-4-9(12)13-14/h1-6H. The highest BCUT2D eigenvalue weighted by Gasteiger charge is 2.01. The molecule has 1 heterocycles. The van der Waals surface area contributed by atoms with E-state index in [-0.39, 0.29) is 10.7 Å². The topological polar surface area (TPSA) is 34.9 Å². The summed E-state index contributed by atoms with van der Waals surface area (Å²) in [6.07, 6.45) is 0. The van der Waals surface area contributed by atoms with Gasteiger partial charge in [-0.15, -0.1) is 0 Å². The summed E-state index contributed by atoms with van der Waals surface area (Å²) in [5.74, 6) is 0. The van der Waals surface area contributed by atoms with E-state index in [9.17, 15) is 4.79 Å². The highest BCUT2D eigenvalue weighted by molar-refractivity contribution is 9.10.